The van der Waals surface area contributed by atoms with Crippen molar-refractivity contribution in [2.45, 2.75) is 12.5 Å². The van der Waals surface area contributed by atoms with Crippen LogP contribution in [0.5, 0.6) is 0 Å². The molecule has 2 amide bonds. The zero-order chi connectivity index (χ0) is 21.8. The SMILES string of the molecule is O=P#CC(=O)N1CC=C(c2ccc(N3C[C@H](CNc4ccon4)OC3=O)cc2F)CC1. The van der Waals surface area contributed by atoms with E-state index in [1.54, 1.807) is 24.3 Å². The molecule has 31 heavy (non-hydrogen) atoms. The maximum atomic E-state index is 14.8. The van der Waals surface area contributed by atoms with E-state index in [0.29, 0.717) is 36.6 Å². The van der Waals surface area contributed by atoms with Crippen molar-refractivity contribution in [1.29, 1.82) is 0 Å². The summed E-state index contributed by atoms with van der Waals surface area (Å²) < 4.78 is 35.4. The van der Waals surface area contributed by atoms with Gasteiger partial charge in [0.15, 0.2) is 5.82 Å². The molecule has 0 spiro atoms. The summed E-state index contributed by atoms with van der Waals surface area (Å²) in [6.07, 6.45) is 2.69. The molecule has 4 rings (SSSR count). The van der Waals surface area contributed by atoms with Crippen molar-refractivity contribution in [3.63, 3.8) is 0 Å². The van der Waals surface area contributed by atoms with Crippen molar-refractivity contribution < 1.29 is 27.8 Å². The van der Waals surface area contributed by atoms with Crippen LogP contribution in [0.15, 0.2) is 41.1 Å². The van der Waals surface area contributed by atoms with Crippen LogP contribution in [-0.2, 0) is 14.1 Å². The van der Waals surface area contributed by atoms with Crippen molar-refractivity contribution in [3.05, 3.63) is 48.0 Å². The van der Waals surface area contributed by atoms with Crippen LogP contribution in [0.25, 0.3) is 5.57 Å². The number of carbonyl (C=O) groups is 2. The molecular formula is C20H18FN4O5P. The van der Waals surface area contributed by atoms with E-state index in [4.69, 9.17) is 9.26 Å². The number of aromatic nitrogens is 1. The fourth-order valence-corrected chi connectivity index (χ4v) is 3.72. The Morgan fingerprint density at radius 1 is 1.39 bits per heavy atom. The van der Waals surface area contributed by atoms with Gasteiger partial charge in [-0.05, 0) is 0 Å². The minimum atomic E-state index is -0.546. The summed E-state index contributed by atoms with van der Waals surface area (Å²) >= 11 is 0. The normalized spacial score (nSPS) is 18.3. The molecule has 0 saturated carbocycles. The number of ether oxygens (including phenoxy) is 1. The van der Waals surface area contributed by atoms with Gasteiger partial charge in [-0.1, -0.05) is 5.16 Å². The third-order valence-electron chi connectivity index (χ3n) is 5.07. The Kier molecular flexibility index (Phi) is 6.21. The number of anilines is 2. The van der Waals surface area contributed by atoms with E-state index in [0.717, 1.165) is 5.57 Å². The molecule has 9 nitrogen and oxygen atoms in total. The van der Waals surface area contributed by atoms with Gasteiger partial charge >= 0.3 is 122 Å². The predicted molar refractivity (Wildman–Crippen MR) is 110 cm³/mol. The second-order valence-electron chi connectivity index (χ2n) is 6.98. The predicted octanol–water partition coefficient (Wildman–Crippen LogP) is 3.12. The number of hydrogen-bond acceptors (Lipinski definition) is 7. The molecule has 2 aromatic rings. The molecule has 0 aliphatic carbocycles. The van der Waals surface area contributed by atoms with Crippen molar-refractivity contribution in [3.8, 4) is 5.63 Å². The van der Waals surface area contributed by atoms with Gasteiger partial charge in [0.25, 0.3) is 0 Å². The first-order valence-corrected chi connectivity index (χ1v) is 10.3. The van der Waals surface area contributed by atoms with Crippen LogP contribution in [0.1, 0.15) is 12.0 Å². The van der Waals surface area contributed by atoms with Crippen molar-refractivity contribution in [2.75, 3.05) is 36.4 Å². The topological polar surface area (TPSA) is 105 Å². The number of halogens is 1. The second-order valence-corrected chi connectivity index (χ2v) is 7.39. The monoisotopic (exact) mass is 444 g/mol. The fraction of sp³-hybridized carbons (Fsp3) is 0.300. The quantitative estimate of drug-likeness (QED) is 0.707. The van der Waals surface area contributed by atoms with Crippen molar-refractivity contribution in [2.24, 2.45) is 0 Å². The summed E-state index contributed by atoms with van der Waals surface area (Å²) in [5.74, 6) is -0.367. The molecule has 11 heteroatoms. The molecule has 1 saturated heterocycles. The fourth-order valence-electron chi connectivity index (χ4n) is 3.50. The van der Waals surface area contributed by atoms with Crippen molar-refractivity contribution in [1.82, 2.24) is 10.1 Å². The number of cyclic esters (lactones) is 1. The van der Waals surface area contributed by atoms with Crippen LogP contribution >= 0.6 is 7.92 Å². The zero-order valence-corrected chi connectivity index (χ0v) is 17.2. The average Bonchev–Trinajstić information content (AvgIpc) is 3.42. The Hall–Kier alpha value is -3.35. The summed E-state index contributed by atoms with van der Waals surface area (Å²) in [6.45, 7) is 1.29. The van der Waals surface area contributed by atoms with Crippen LogP contribution in [0.2, 0.25) is 0 Å². The Morgan fingerprint density at radius 2 is 2.26 bits per heavy atom. The number of nitrogens with one attached hydrogen (secondary N) is 1. The first kappa shape index (κ1) is 20.9. The molecule has 1 N–H and O–H groups in total. The minimum absolute atomic E-state index is 0.272. The van der Waals surface area contributed by atoms with E-state index in [-0.39, 0.29) is 13.1 Å². The van der Waals surface area contributed by atoms with Gasteiger partial charge in [-0.3, -0.25) is 0 Å². The summed E-state index contributed by atoms with van der Waals surface area (Å²) in [7, 11) is -0.457. The third kappa shape index (κ3) is 4.71. The van der Waals surface area contributed by atoms with E-state index in [1.807, 2.05) is 0 Å². The molecule has 0 bridgehead atoms. The van der Waals surface area contributed by atoms with E-state index in [1.165, 1.54) is 22.1 Å². The van der Waals surface area contributed by atoms with Crippen LogP contribution in [-0.4, -0.2) is 54.3 Å². The molecule has 1 aromatic heterocycles. The van der Waals surface area contributed by atoms with Crippen LogP contribution in [0.4, 0.5) is 20.7 Å². The van der Waals surface area contributed by atoms with Gasteiger partial charge in [0.2, 0.25) is 0 Å². The number of rotatable bonds is 5. The molecular weight excluding hydrogens is 426 g/mol. The summed E-state index contributed by atoms with van der Waals surface area (Å²) in [5.41, 5.74) is 3.78. The standard InChI is InChI=1S/C20H18FN4O5P/c21-17-9-14(25-11-15(30-20(25)27)10-22-18-5-8-29-23-18)1-2-16(17)13-3-6-24(7-4-13)19(26)12-31-28/h1-3,5,8-9,15H,4,6-7,10-11H2,(H,22,23)/t15-/m0/s1. The van der Waals surface area contributed by atoms with Gasteiger partial charge in [0, 0.05) is 6.07 Å². The molecule has 2 aliphatic heterocycles. The summed E-state index contributed by atoms with van der Waals surface area (Å²) in [5, 5.41) is 6.73. The first-order valence-electron chi connectivity index (χ1n) is 9.54. The number of amides is 2. The third-order valence-corrected chi connectivity index (χ3v) is 5.35. The van der Waals surface area contributed by atoms with E-state index in [9.17, 15) is 18.5 Å². The molecule has 160 valence electrons. The molecule has 0 radical (unpaired) electrons. The first-order chi connectivity index (χ1) is 15.0. The van der Waals surface area contributed by atoms with Gasteiger partial charge in [0.05, 0.1) is 6.54 Å². The van der Waals surface area contributed by atoms with E-state index < -0.39 is 31.8 Å². The van der Waals surface area contributed by atoms with Crippen LogP contribution in [0, 0.1) is 11.4 Å². The Morgan fingerprint density at radius 3 is 2.94 bits per heavy atom. The Labute approximate surface area is 177 Å². The molecule has 0 unspecified atom stereocenters. The number of benzene rings is 1. The summed E-state index contributed by atoms with van der Waals surface area (Å²) in [4.78, 5) is 26.8. The average molecular weight is 444 g/mol. The van der Waals surface area contributed by atoms with Gasteiger partial charge in [0.1, 0.15) is 12.4 Å². The molecule has 1 aromatic carbocycles. The van der Waals surface area contributed by atoms with Crippen molar-refractivity contribution >= 4 is 37.0 Å². The zero-order valence-electron chi connectivity index (χ0n) is 16.3. The number of hydrogen-bond donors (Lipinski definition) is 1. The van der Waals surface area contributed by atoms with Gasteiger partial charge in [-0.25, -0.2) is 4.79 Å². The van der Waals surface area contributed by atoms with Crippen LogP contribution in [0.3, 0.4) is 0 Å². The van der Waals surface area contributed by atoms with E-state index in [2.05, 4.69) is 16.1 Å². The van der Waals surface area contributed by atoms with Gasteiger partial charge in [-0.2, -0.15) is 0 Å². The molecule has 2 aliphatic rings. The Balaban J connectivity index is 1.41. The second kappa shape index (κ2) is 9.20. The maximum absolute atomic E-state index is 14.8. The van der Waals surface area contributed by atoms with Gasteiger partial charge < -0.3 is 14.6 Å². The molecule has 1 fully saturated rings. The molecule has 3 heterocycles. The molecule has 1 atom stereocenters. The van der Waals surface area contributed by atoms with Crippen LogP contribution < -0.4 is 10.2 Å². The summed E-state index contributed by atoms with van der Waals surface area (Å²) in [6, 6.07) is 6.25. The number of nitrogens with zero attached hydrogens (tertiary/aromatic N) is 3. The number of carbonyl (C=O) groups excluding carboxylic acids is 2. The van der Waals surface area contributed by atoms with E-state index >= 15 is 0 Å². The Bertz CT molecular complexity index is 1130. The van der Waals surface area contributed by atoms with Gasteiger partial charge in [-0.15, -0.1) is 0 Å².